The molecule has 0 spiro atoms. The minimum atomic E-state index is -0.370. The topological polar surface area (TPSA) is 56.1 Å². The van der Waals surface area contributed by atoms with Crippen LogP contribution < -0.4 is 10.2 Å². The number of carbonyl (C=O) groups is 1. The number of amides is 1. The van der Waals surface area contributed by atoms with E-state index in [0.29, 0.717) is 0 Å². The standard InChI is InChI=1S/C20H21N3O/c1-15(17-7-5-4-6-8-17)22-20(24)18(14-21)13-16-9-11-19(12-10-16)23(2)3/h4-13,15H,1-3H3,(H,22,24). The largest absolute Gasteiger partial charge is 0.378 e. The second-order valence-corrected chi connectivity index (χ2v) is 5.76. The molecule has 0 aliphatic heterocycles. The highest BCUT2D eigenvalue weighted by atomic mass is 16.1. The monoisotopic (exact) mass is 319 g/mol. The first-order valence-electron chi connectivity index (χ1n) is 7.76. The van der Waals surface area contributed by atoms with E-state index in [2.05, 4.69) is 5.32 Å². The van der Waals surface area contributed by atoms with Gasteiger partial charge in [-0.15, -0.1) is 0 Å². The molecular weight excluding hydrogens is 298 g/mol. The number of nitrogens with one attached hydrogen (secondary N) is 1. The third-order valence-electron chi connectivity index (χ3n) is 3.73. The predicted octanol–water partition coefficient (Wildman–Crippen LogP) is 3.54. The van der Waals surface area contributed by atoms with Gasteiger partial charge >= 0.3 is 0 Å². The lowest BCUT2D eigenvalue weighted by Gasteiger charge is -2.14. The summed E-state index contributed by atoms with van der Waals surface area (Å²) in [6, 6.07) is 19.2. The van der Waals surface area contributed by atoms with Crippen molar-refractivity contribution in [3.63, 3.8) is 0 Å². The van der Waals surface area contributed by atoms with Crippen LogP contribution in [0.3, 0.4) is 0 Å². The summed E-state index contributed by atoms with van der Waals surface area (Å²) < 4.78 is 0. The van der Waals surface area contributed by atoms with Crippen LogP contribution in [0.15, 0.2) is 60.2 Å². The van der Waals surface area contributed by atoms with Crippen LogP contribution in [0.2, 0.25) is 0 Å². The molecule has 0 fully saturated rings. The second kappa shape index (κ2) is 7.98. The Morgan fingerprint density at radius 1 is 1.12 bits per heavy atom. The highest BCUT2D eigenvalue weighted by Gasteiger charge is 2.13. The summed E-state index contributed by atoms with van der Waals surface area (Å²) in [5, 5.41) is 12.2. The van der Waals surface area contributed by atoms with Gasteiger partial charge in [0.2, 0.25) is 0 Å². The Hall–Kier alpha value is -3.06. The third kappa shape index (κ3) is 4.47. The molecule has 0 aliphatic carbocycles. The molecule has 0 saturated heterocycles. The van der Waals surface area contributed by atoms with E-state index in [1.54, 1.807) is 6.08 Å². The summed E-state index contributed by atoms with van der Waals surface area (Å²) >= 11 is 0. The van der Waals surface area contributed by atoms with Crippen molar-refractivity contribution in [1.82, 2.24) is 5.32 Å². The molecular formula is C20H21N3O. The van der Waals surface area contributed by atoms with Crippen LogP contribution >= 0.6 is 0 Å². The predicted molar refractivity (Wildman–Crippen MR) is 97.4 cm³/mol. The maximum atomic E-state index is 12.3. The van der Waals surface area contributed by atoms with Crippen molar-refractivity contribution in [2.24, 2.45) is 0 Å². The Labute approximate surface area is 143 Å². The molecule has 4 heteroatoms. The van der Waals surface area contributed by atoms with Gasteiger partial charge in [-0.25, -0.2) is 0 Å². The lowest BCUT2D eigenvalue weighted by Crippen LogP contribution is -2.27. The van der Waals surface area contributed by atoms with E-state index >= 15 is 0 Å². The molecule has 24 heavy (non-hydrogen) atoms. The smallest absolute Gasteiger partial charge is 0.262 e. The average molecular weight is 319 g/mol. The molecule has 2 aromatic rings. The molecule has 4 nitrogen and oxygen atoms in total. The molecule has 2 rings (SSSR count). The van der Waals surface area contributed by atoms with E-state index in [-0.39, 0.29) is 17.5 Å². The van der Waals surface area contributed by atoms with Crippen molar-refractivity contribution < 1.29 is 4.79 Å². The molecule has 0 radical (unpaired) electrons. The second-order valence-electron chi connectivity index (χ2n) is 5.76. The molecule has 0 bridgehead atoms. The summed E-state index contributed by atoms with van der Waals surface area (Å²) in [6.45, 7) is 1.90. The van der Waals surface area contributed by atoms with Gasteiger partial charge in [0.05, 0.1) is 6.04 Å². The van der Waals surface area contributed by atoms with E-state index in [4.69, 9.17) is 0 Å². The van der Waals surface area contributed by atoms with Crippen LogP contribution in [0.4, 0.5) is 5.69 Å². The zero-order valence-electron chi connectivity index (χ0n) is 14.2. The fraction of sp³-hybridized carbons (Fsp3) is 0.200. The molecule has 0 heterocycles. The Kier molecular flexibility index (Phi) is 5.75. The van der Waals surface area contributed by atoms with Crippen molar-refractivity contribution in [3.05, 3.63) is 71.3 Å². The van der Waals surface area contributed by atoms with Gasteiger partial charge in [0.25, 0.3) is 5.91 Å². The fourth-order valence-corrected chi connectivity index (χ4v) is 2.28. The SMILES string of the molecule is CC(NC(=O)C(C#N)=Cc1ccc(N(C)C)cc1)c1ccccc1. The number of hydrogen-bond donors (Lipinski definition) is 1. The maximum Gasteiger partial charge on any atom is 0.262 e. The third-order valence-corrected chi connectivity index (χ3v) is 3.73. The first-order valence-corrected chi connectivity index (χ1v) is 7.76. The number of benzene rings is 2. The summed E-state index contributed by atoms with van der Waals surface area (Å²) in [5.74, 6) is -0.370. The lowest BCUT2D eigenvalue weighted by atomic mass is 10.1. The zero-order valence-corrected chi connectivity index (χ0v) is 14.2. The molecule has 1 N–H and O–H groups in total. The molecule has 0 aliphatic rings. The van der Waals surface area contributed by atoms with Crippen molar-refractivity contribution in [3.8, 4) is 6.07 Å². The fourth-order valence-electron chi connectivity index (χ4n) is 2.28. The Morgan fingerprint density at radius 2 is 1.75 bits per heavy atom. The van der Waals surface area contributed by atoms with Crippen LogP contribution in [0.5, 0.6) is 0 Å². The number of carbonyl (C=O) groups excluding carboxylic acids is 1. The molecule has 1 atom stereocenters. The summed E-state index contributed by atoms with van der Waals surface area (Å²) in [5.41, 5.74) is 2.97. The average Bonchev–Trinajstić information content (AvgIpc) is 2.60. The van der Waals surface area contributed by atoms with Crippen molar-refractivity contribution in [2.75, 3.05) is 19.0 Å². The van der Waals surface area contributed by atoms with E-state index in [9.17, 15) is 10.1 Å². The van der Waals surface area contributed by atoms with Gasteiger partial charge in [0.1, 0.15) is 11.6 Å². The summed E-state index contributed by atoms with van der Waals surface area (Å²) in [7, 11) is 3.92. The van der Waals surface area contributed by atoms with Gasteiger partial charge in [0, 0.05) is 19.8 Å². The van der Waals surface area contributed by atoms with Crippen LogP contribution in [0.25, 0.3) is 6.08 Å². The van der Waals surface area contributed by atoms with E-state index in [0.717, 1.165) is 16.8 Å². The summed E-state index contributed by atoms with van der Waals surface area (Å²) in [4.78, 5) is 14.3. The van der Waals surface area contributed by atoms with Crippen LogP contribution in [-0.4, -0.2) is 20.0 Å². The molecule has 0 aromatic heterocycles. The lowest BCUT2D eigenvalue weighted by molar-refractivity contribution is -0.117. The van der Waals surface area contributed by atoms with E-state index in [1.165, 1.54) is 0 Å². The van der Waals surface area contributed by atoms with Crippen molar-refractivity contribution in [2.45, 2.75) is 13.0 Å². The number of hydrogen-bond acceptors (Lipinski definition) is 3. The molecule has 1 amide bonds. The molecule has 1 unspecified atom stereocenters. The van der Waals surface area contributed by atoms with Crippen molar-refractivity contribution >= 4 is 17.7 Å². The van der Waals surface area contributed by atoms with Crippen LogP contribution in [-0.2, 0) is 4.79 Å². The number of anilines is 1. The van der Waals surface area contributed by atoms with Gasteiger partial charge in [0.15, 0.2) is 0 Å². The first kappa shape index (κ1) is 17.3. The zero-order chi connectivity index (χ0) is 17.5. The van der Waals surface area contributed by atoms with Gasteiger partial charge < -0.3 is 10.2 Å². The maximum absolute atomic E-state index is 12.3. The number of rotatable bonds is 5. The van der Waals surface area contributed by atoms with Gasteiger partial charge in [-0.3, -0.25) is 4.79 Å². The van der Waals surface area contributed by atoms with Crippen molar-refractivity contribution in [1.29, 1.82) is 5.26 Å². The van der Waals surface area contributed by atoms with Crippen LogP contribution in [0.1, 0.15) is 24.1 Å². The molecule has 122 valence electrons. The Morgan fingerprint density at radius 3 is 2.29 bits per heavy atom. The Bertz CT molecular complexity index is 756. The first-order chi connectivity index (χ1) is 11.5. The number of nitriles is 1. The minimum absolute atomic E-state index is 0.0929. The number of nitrogens with zero attached hydrogens (tertiary/aromatic N) is 2. The van der Waals surface area contributed by atoms with E-state index < -0.39 is 0 Å². The molecule has 0 saturated carbocycles. The highest BCUT2D eigenvalue weighted by Crippen LogP contribution is 2.16. The van der Waals surface area contributed by atoms with Gasteiger partial charge in [-0.2, -0.15) is 5.26 Å². The van der Waals surface area contributed by atoms with Crippen LogP contribution in [0, 0.1) is 11.3 Å². The Balaban J connectivity index is 2.12. The highest BCUT2D eigenvalue weighted by molar-refractivity contribution is 6.01. The quantitative estimate of drug-likeness (QED) is 0.677. The van der Waals surface area contributed by atoms with Gasteiger partial charge in [-0.1, -0.05) is 42.5 Å². The minimum Gasteiger partial charge on any atom is -0.378 e. The van der Waals surface area contributed by atoms with Gasteiger partial charge in [-0.05, 0) is 36.3 Å². The van der Waals surface area contributed by atoms with E-state index in [1.807, 2.05) is 86.6 Å². The normalized spacial score (nSPS) is 12.2. The summed E-state index contributed by atoms with van der Waals surface area (Å²) in [6.07, 6.45) is 1.60. The molecule has 2 aromatic carbocycles.